The number of amides is 1. The van der Waals surface area contributed by atoms with Crippen molar-refractivity contribution in [2.24, 2.45) is 11.7 Å². The lowest BCUT2D eigenvalue weighted by Gasteiger charge is -2.26. The number of nitrogens with one attached hydrogen (secondary N) is 1. The van der Waals surface area contributed by atoms with Crippen LogP contribution in [0.2, 0.25) is 0 Å². The van der Waals surface area contributed by atoms with Gasteiger partial charge in [-0.05, 0) is 26.7 Å². The molecule has 2 atom stereocenters. The third-order valence-electron chi connectivity index (χ3n) is 2.19. The van der Waals surface area contributed by atoms with Gasteiger partial charge in [-0.25, -0.2) is 4.79 Å². The van der Waals surface area contributed by atoms with E-state index in [1.165, 1.54) is 0 Å². The Balaban J connectivity index is 4.42. The largest absolute Gasteiger partial charge is 0.444 e. The van der Waals surface area contributed by atoms with Gasteiger partial charge >= 0.3 is 6.09 Å². The number of carbonyl (C=O) groups excluding carboxylic acids is 1. The molecule has 1 unspecified atom stereocenters. The summed E-state index contributed by atoms with van der Waals surface area (Å²) >= 11 is 4.93. The van der Waals surface area contributed by atoms with Crippen molar-refractivity contribution in [2.45, 2.75) is 52.7 Å². The van der Waals surface area contributed by atoms with E-state index < -0.39 is 11.7 Å². The van der Waals surface area contributed by atoms with Crippen LogP contribution in [0.1, 0.15) is 41.0 Å². The molecule has 0 aromatic carbocycles. The molecule has 0 aliphatic carbocycles. The fourth-order valence-corrected chi connectivity index (χ4v) is 1.46. The molecule has 0 saturated carbocycles. The predicted octanol–water partition coefficient (Wildman–Crippen LogP) is 2.21. The lowest BCUT2D eigenvalue weighted by molar-refractivity contribution is 0.0507. The van der Waals surface area contributed by atoms with Crippen LogP contribution in [-0.2, 0) is 4.74 Å². The topological polar surface area (TPSA) is 64.3 Å². The molecule has 16 heavy (non-hydrogen) atoms. The summed E-state index contributed by atoms with van der Waals surface area (Å²) < 4.78 is 5.15. The first-order chi connectivity index (χ1) is 7.17. The zero-order chi connectivity index (χ0) is 12.9. The third kappa shape index (κ3) is 5.90. The van der Waals surface area contributed by atoms with Crippen LogP contribution < -0.4 is 11.1 Å². The van der Waals surface area contributed by atoms with Gasteiger partial charge in [0.2, 0.25) is 0 Å². The maximum atomic E-state index is 11.5. The molecule has 0 bridgehead atoms. The van der Waals surface area contributed by atoms with Crippen molar-refractivity contribution in [1.29, 1.82) is 0 Å². The molecule has 3 N–H and O–H groups in total. The molecule has 5 heteroatoms. The van der Waals surface area contributed by atoms with E-state index >= 15 is 0 Å². The first-order valence-corrected chi connectivity index (χ1v) is 5.87. The molecule has 0 heterocycles. The van der Waals surface area contributed by atoms with Crippen LogP contribution >= 0.6 is 12.2 Å². The van der Waals surface area contributed by atoms with Crippen molar-refractivity contribution < 1.29 is 9.53 Å². The second kappa shape index (κ2) is 6.03. The minimum atomic E-state index is -0.514. The monoisotopic (exact) mass is 246 g/mol. The van der Waals surface area contributed by atoms with Crippen molar-refractivity contribution >= 4 is 23.3 Å². The second-order valence-corrected chi connectivity index (χ2v) is 5.38. The predicted molar refractivity (Wildman–Crippen MR) is 69.4 cm³/mol. The van der Waals surface area contributed by atoms with Crippen LogP contribution in [-0.4, -0.2) is 22.7 Å². The Bertz CT molecular complexity index is 261. The van der Waals surface area contributed by atoms with Gasteiger partial charge in [0.15, 0.2) is 0 Å². The first kappa shape index (κ1) is 15.2. The minimum absolute atomic E-state index is 0.199. The van der Waals surface area contributed by atoms with Crippen molar-refractivity contribution in [3.63, 3.8) is 0 Å². The molecule has 0 rings (SSSR count). The minimum Gasteiger partial charge on any atom is -0.444 e. The van der Waals surface area contributed by atoms with Gasteiger partial charge in [0.25, 0.3) is 0 Å². The number of carbonyl (C=O) groups is 1. The SMILES string of the molecule is CCC(C)[C@H](NC(=O)OC(C)(C)C)C(N)=S. The highest BCUT2D eigenvalue weighted by molar-refractivity contribution is 7.80. The second-order valence-electron chi connectivity index (χ2n) is 4.91. The third-order valence-corrected chi connectivity index (χ3v) is 2.45. The van der Waals surface area contributed by atoms with Crippen LogP contribution in [0.3, 0.4) is 0 Å². The molecule has 0 aliphatic heterocycles. The molecule has 0 aliphatic rings. The summed E-state index contributed by atoms with van der Waals surface area (Å²) in [6, 6.07) is -0.310. The smallest absolute Gasteiger partial charge is 0.408 e. The van der Waals surface area contributed by atoms with Crippen molar-refractivity contribution in [2.75, 3.05) is 0 Å². The quantitative estimate of drug-likeness (QED) is 0.746. The number of rotatable bonds is 4. The van der Waals surface area contributed by atoms with Crippen LogP contribution in [0.4, 0.5) is 4.79 Å². The van der Waals surface area contributed by atoms with Crippen LogP contribution in [0.5, 0.6) is 0 Å². The first-order valence-electron chi connectivity index (χ1n) is 5.46. The summed E-state index contributed by atoms with van der Waals surface area (Å²) in [6.07, 6.45) is 0.406. The number of alkyl carbamates (subject to hydrolysis) is 1. The van der Waals surface area contributed by atoms with Crippen molar-refractivity contribution in [1.82, 2.24) is 5.32 Å². The Morgan fingerprint density at radius 2 is 2.00 bits per heavy atom. The molecule has 4 nitrogen and oxygen atoms in total. The zero-order valence-electron chi connectivity index (χ0n) is 10.7. The van der Waals surface area contributed by atoms with Crippen molar-refractivity contribution in [3.05, 3.63) is 0 Å². The molecular formula is C11H22N2O2S. The lowest BCUT2D eigenvalue weighted by atomic mass is 9.99. The molecule has 0 saturated heterocycles. The standard InChI is InChI=1S/C11H22N2O2S/c1-6-7(2)8(9(12)16)13-10(14)15-11(3,4)5/h7-8H,6H2,1-5H3,(H2,12,16)(H,13,14)/t7?,8-/m0/s1. The van der Waals surface area contributed by atoms with Crippen LogP contribution in [0.25, 0.3) is 0 Å². The lowest BCUT2D eigenvalue weighted by Crippen LogP contribution is -2.48. The van der Waals surface area contributed by atoms with Gasteiger partial charge < -0.3 is 15.8 Å². The van der Waals surface area contributed by atoms with Gasteiger partial charge in [-0.2, -0.15) is 0 Å². The number of nitrogens with two attached hydrogens (primary N) is 1. The maximum absolute atomic E-state index is 11.5. The summed E-state index contributed by atoms with van der Waals surface area (Å²) in [5.74, 6) is 0.199. The normalized spacial score (nSPS) is 15.1. The highest BCUT2D eigenvalue weighted by atomic mass is 32.1. The maximum Gasteiger partial charge on any atom is 0.408 e. The van der Waals surface area contributed by atoms with Gasteiger partial charge in [-0.1, -0.05) is 32.5 Å². The summed E-state index contributed by atoms with van der Waals surface area (Å²) in [6.45, 7) is 9.44. The van der Waals surface area contributed by atoms with Crippen LogP contribution in [0.15, 0.2) is 0 Å². The summed E-state index contributed by atoms with van der Waals surface area (Å²) in [5.41, 5.74) is 5.07. The average Bonchev–Trinajstić information content (AvgIpc) is 2.09. The Morgan fingerprint density at radius 1 is 1.50 bits per heavy atom. The summed E-state index contributed by atoms with van der Waals surface area (Å²) in [5, 5.41) is 2.70. The molecular weight excluding hydrogens is 224 g/mol. The Hall–Kier alpha value is -0.840. The summed E-state index contributed by atoms with van der Waals surface area (Å²) in [4.78, 5) is 11.8. The fourth-order valence-electron chi connectivity index (χ4n) is 1.16. The van der Waals surface area contributed by atoms with Crippen molar-refractivity contribution in [3.8, 4) is 0 Å². The van der Waals surface area contributed by atoms with Gasteiger partial charge in [-0.3, -0.25) is 0 Å². The zero-order valence-corrected chi connectivity index (χ0v) is 11.5. The molecule has 0 aromatic rings. The fraction of sp³-hybridized carbons (Fsp3) is 0.818. The Kier molecular flexibility index (Phi) is 5.72. The van der Waals surface area contributed by atoms with E-state index in [-0.39, 0.29) is 12.0 Å². The highest BCUT2D eigenvalue weighted by Gasteiger charge is 2.24. The molecule has 0 radical (unpaired) electrons. The van der Waals surface area contributed by atoms with Crippen LogP contribution in [0, 0.1) is 5.92 Å². The molecule has 94 valence electrons. The van der Waals surface area contributed by atoms with E-state index in [1.807, 2.05) is 34.6 Å². The van der Waals surface area contributed by atoms with E-state index in [9.17, 15) is 4.79 Å². The Labute approximate surface area is 103 Å². The molecule has 0 spiro atoms. The molecule has 0 aromatic heterocycles. The van der Waals surface area contributed by atoms with E-state index in [2.05, 4.69) is 5.32 Å². The van der Waals surface area contributed by atoms with Gasteiger partial charge in [-0.15, -0.1) is 0 Å². The molecule has 1 amide bonds. The summed E-state index contributed by atoms with van der Waals surface area (Å²) in [7, 11) is 0. The van der Waals surface area contributed by atoms with E-state index in [0.717, 1.165) is 6.42 Å². The number of ether oxygens (including phenoxy) is 1. The van der Waals surface area contributed by atoms with Gasteiger partial charge in [0, 0.05) is 0 Å². The van der Waals surface area contributed by atoms with E-state index in [1.54, 1.807) is 0 Å². The molecule has 0 fully saturated rings. The number of hydrogen-bond acceptors (Lipinski definition) is 3. The van der Waals surface area contributed by atoms with E-state index in [0.29, 0.717) is 4.99 Å². The average molecular weight is 246 g/mol. The number of thiocarbonyl (C=S) groups is 1. The van der Waals surface area contributed by atoms with E-state index in [4.69, 9.17) is 22.7 Å². The van der Waals surface area contributed by atoms with Gasteiger partial charge in [0.1, 0.15) is 5.60 Å². The van der Waals surface area contributed by atoms with Gasteiger partial charge in [0.05, 0.1) is 11.0 Å². The number of hydrogen-bond donors (Lipinski definition) is 2. The highest BCUT2D eigenvalue weighted by Crippen LogP contribution is 2.11. The Morgan fingerprint density at radius 3 is 2.31 bits per heavy atom.